The topological polar surface area (TPSA) is 23.6 Å². The molecule has 1 heterocycles. The number of carbonyl (C=O) groups is 1. The normalized spacial score (nSPS) is 21.5. The number of hydrogen-bond acceptors (Lipinski definition) is 2. The fourth-order valence-corrected chi connectivity index (χ4v) is 3.72. The number of likely N-dealkylation sites (tertiary alicyclic amines) is 1. The molecule has 1 aliphatic carbocycles. The summed E-state index contributed by atoms with van der Waals surface area (Å²) in [5.41, 5.74) is 1.39. The highest BCUT2D eigenvalue weighted by Gasteiger charge is 2.50. The van der Waals surface area contributed by atoms with Gasteiger partial charge in [0.15, 0.2) is 0 Å². The summed E-state index contributed by atoms with van der Waals surface area (Å²) >= 11 is 0. The molecule has 22 heavy (non-hydrogen) atoms. The van der Waals surface area contributed by atoms with Crippen molar-refractivity contribution < 1.29 is 4.79 Å². The highest BCUT2D eigenvalue weighted by atomic mass is 16.2. The Labute approximate surface area is 134 Å². The van der Waals surface area contributed by atoms with Gasteiger partial charge >= 0.3 is 0 Å². The molecule has 0 atom stereocenters. The maximum Gasteiger partial charge on any atom is 0.228 e. The summed E-state index contributed by atoms with van der Waals surface area (Å²) in [6.45, 7) is 5.37. The first-order chi connectivity index (χ1) is 10.6. The summed E-state index contributed by atoms with van der Waals surface area (Å²) in [6.07, 6.45) is 5.41. The van der Waals surface area contributed by atoms with E-state index in [1.165, 1.54) is 5.56 Å². The van der Waals surface area contributed by atoms with Crippen LogP contribution in [0.2, 0.25) is 0 Å². The third-order valence-corrected chi connectivity index (χ3v) is 5.66. The van der Waals surface area contributed by atoms with Crippen molar-refractivity contribution in [2.45, 2.75) is 51.6 Å². The van der Waals surface area contributed by atoms with Crippen molar-refractivity contribution in [2.24, 2.45) is 5.41 Å². The smallest absolute Gasteiger partial charge is 0.228 e. The third-order valence-electron chi connectivity index (χ3n) is 5.66. The molecule has 0 N–H and O–H groups in total. The van der Waals surface area contributed by atoms with Crippen LogP contribution < -0.4 is 0 Å². The van der Waals surface area contributed by atoms with Crippen molar-refractivity contribution in [3.05, 3.63) is 35.9 Å². The van der Waals surface area contributed by atoms with E-state index in [4.69, 9.17) is 0 Å². The van der Waals surface area contributed by atoms with E-state index in [1.54, 1.807) is 0 Å². The lowest BCUT2D eigenvalue weighted by Gasteiger charge is -2.38. The molecule has 0 aromatic heterocycles. The van der Waals surface area contributed by atoms with Crippen LogP contribution in [-0.4, -0.2) is 41.9 Å². The summed E-state index contributed by atoms with van der Waals surface area (Å²) < 4.78 is 0. The van der Waals surface area contributed by atoms with E-state index >= 15 is 0 Å². The van der Waals surface area contributed by atoms with Crippen LogP contribution in [0.5, 0.6) is 0 Å². The number of rotatable bonds is 5. The Bertz CT molecular complexity index is 501. The van der Waals surface area contributed by atoms with E-state index in [0.717, 1.165) is 51.7 Å². The maximum absolute atomic E-state index is 12.6. The van der Waals surface area contributed by atoms with Gasteiger partial charge < -0.3 is 4.90 Å². The minimum atomic E-state index is 0.00984. The Balaban J connectivity index is 1.50. The SMILES string of the molecule is CCC1(C(=O)N(C)C2CCN(Cc3ccccc3)CC2)CC1. The van der Waals surface area contributed by atoms with Gasteiger partial charge in [0.05, 0.1) is 0 Å². The summed E-state index contributed by atoms with van der Waals surface area (Å²) in [5, 5.41) is 0. The summed E-state index contributed by atoms with van der Waals surface area (Å²) in [7, 11) is 2.02. The van der Waals surface area contributed by atoms with Crippen LogP contribution in [0.15, 0.2) is 30.3 Å². The van der Waals surface area contributed by atoms with Crippen LogP contribution in [-0.2, 0) is 11.3 Å². The zero-order valence-electron chi connectivity index (χ0n) is 13.9. The molecule has 2 fully saturated rings. The van der Waals surface area contributed by atoms with Crippen LogP contribution >= 0.6 is 0 Å². The number of amides is 1. The maximum atomic E-state index is 12.6. The van der Waals surface area contributed by atoms with E-state index in [-0.39, 0.29) is 5.41 Å². The predicted molar refractivity (Wildman–Crippen MR) is 89.5 cm³/mol. The number of nitrogens with zero attached hydrogens (tertiary/aromatic N) is 2. The van der Waals surface area contributed by atoms with Crippen molar-refractivity contribution in [3.8, 4) is 0 Å². The van der Waals surface area contributed by atoms with Crippen LogP contribution in [0.3, 0.4) is 0 Å². The van der Waals surface area contributed by atoms with E-state index in [0.29, 0.717) is 11.9 Å². The van der Waals surface area contributed by atoms with Gasteiger partial charge in [-0.1, -0.05) is 37.3 Å². The van der Waals surface area contributed by atoms with Crippen molar-refractivity contribution in [1.82, 2.24) is 9.80 Å². The molecule has 1 aliphatic heterocycles. The minimum Gasteiger partial charge on any atom is -0.342 e. The molecule has 3 heteroatoms. The Morgan fingerprint density at radius 3 is 2.41 bits per heavy atom. The van der Waals surface area contributed by atoms with Gasteiger partial charge in [-0.15, -0.1) is 0 Å². The summed E-state index contributed by atoms with van der Waals surface area (Å²) in [4.78, 5) is 17.2. The van der Waals surface area contributed by atoms with Gasteiger partial charge in [0.25, 0.3) is 0 Å². The highest BCUT2D eigenvalue weighted by Crippen LogP contribution is 2.50. The first kappa shape index (κ1) is 15.5. The quantitative estimate of drug-likeness (QED) is 0.833. The van der Waals surface area contributed by atoms with Crippen LogP contribution in [0, 0.1) is 5.41 Å². The number of carbonyl (C=O) groups excluding carboxylic acids is 1. The monoisotopic (exact) mass is 300 g/mol. The van der Waals surface area contributed by atoms with Gasteiger partial charge in [0.2, 0.25) is 5.91 Å². The molecule has 0 unspecified atom stereocenters. The molecule has 0 radical (unpaired) electrons. The van der Waals surface area contributed by atoms with E-state index < -0.39 is 0 Å². The Kier molecular flexibility index (Phi) is 4.53. The zero-order valence-corrected chi connectivity index (χ0v) is 13.9. The molecule has 1 aromatic carbocycles. The summed E-state index contributed by atoms with van der Waals surface area (Å²) in [5.74, 6) is 0.400. The van der Waals surface area contributed by atoms with Crippen molar-refractivity contribution >= 4 is 5.91 Å². The summed E-state index contributed by atoms with van der Waals surface area (Å²) in [6, 6.07) is 11.1. The Hall–Kier alpha value is -1.35. The van der Waals surface area contributed by atoms with Crippen molar-refractivity contribution in [3.63, 3.8) is 0 Å². The lowest BCUT2D eigenvalue weighted by Crippen LogP contribution is -2.47. The van der Waals surface area contributed by atoms with Gasteiger partial charge in [-0.05, 0) is 37.7 Å². The number of hydrogen-bond donors (Lipinski definition) is 0. The van der Waals surface area contributed by atoms with Gasteiger partial charge in [-0.25, -0.2) is 0 Å². The molecule has 3 nitrogen and oxygen atoms in total. The molecule has 1 saturated heterocycles. The number of piperidine rings is 1. The lowest BCUT2D eigenvalue weighted by molar-refractivity contribution is -0.138. The van der Waals surface area contributed by atoms with Gasteiger partial charge in [-0.3, -0.25) is 9.69 Å². The lowest BCUT2D eigenvalue weighted by atomic mass is 9.97. The molecule has 2 aliphatic rings. The van der Waals surface area contributed by atoms with Crippen LogP contribution in [0.1, 0.15) is 44.6 Å². The molecule has 0 bridgehead atoms. The standard InChI is InChI=1S/C19H28N2O/c1-3-19(11-12-19)18(22)20(2)17-9-13-21(14-10-17)15-16-7-5-4-6-8-16/h4-8,17H,3,9-15H2,1-2H3. The largest absolute Gasteiger partial charge is 0.342 e. The van der Waals surface area contributed by atoms with Crippen molar-refractivity contribution in [2.75, 3.05) is 20.1 Å². The third kappa shape index (κ3) is 3.19. The molecular formula is C19H28N2O. The fourth-order valence-electron chi connectivity index (χ4n) is 3.72. The van der Waals surface area contributed by atoms with E-state index in [1.807, 2.05) is 7.05 Å². The van der Waals surface area contributed by atoms with Gasteiger partial charge in [0.1, 0.15) is 0 Å². The first-order valence-corrected chi connectivity index (χ1v) is 8.68. The highest BCUT2D eigenvalue weighted by molar-refractivity contribution is 5.85. The van der Waals surface area contributed by atoms with E-state index in [9.17, 15) is 4.79 Å². The predicted octanol–water partition coefficient (Wildman–Crippen LogP) is 3.30. The minimum absolute atomic E-state index is 0.00984. The Morgan fingerprint density at radius 1 is 1.23 bits per heavy atom. The molecule has 1 amide bonds. The second kappa shape index (κ2) is 6.41. The molecule has 120 valence electrons. The molecule has 0 spiro atoms. The average molecular weight is 300 g/mol. The van der Waals surface area contributed by atoms with Gasteiger partial charge in [-0.2, -0.15) is 0 Å². The second-order valence-corrected chi connectivity index (χ2v) is 7.04. The molecule has 1 saturated carbocycles. The van der Waals surface area contributed by atoms with Crippen molar-refractivity contribution in [1.29, 1.82) is 0 Å². The fraction of sp³-hybridized carbons (Fsp3) is 0.632. The second-order valence-electron chi connectivity index (χ2n) is 7.04. The molecule has 1 aromatic rings. The van der Waals surface area contributed by atoms with Crippen LogP contribution in [0.25, 0.3) is 0 Å². The molecule has 3 rings (SSSR count). The average Bonchev–Trinajstić information content (AvgIpc) is 3.36. The van der Waals surface area contributed by atoms with Gasteiger partial charge in [0, 0.05) is 38.1 Å². The van der Waals surface area contributed by atoms with E-state index in [2.05, 4.69) is 47.1 Å². The molecular weight excluding hydrogens is 272 g/mol. The number of benzene rings is 1. The first-order valence-electron chi connectivity index (χ1n) is 8.68. The Morgan fingerprint density at radius 2 is 1.86 bits per heavy atom. The zero-order chi connectivity index (χ0) is 15.6. The van der Waals surface area contributed by atoms with Crippen LogP contribution in [0.4, 0.5) is 0 Å².